The van der Waals surface area contributed by atoms with Crippen LogP contribution >= 0.6 is 0 Å². The van der Waals surface area contributed by atoms with Crippen LogP contribution in [-0.2, 0) is 4.79 Å². The standard InChI is InChI=1S/C23H35NO2/c1-14(8-11-24)17-4-5-18-21-19(7-10-23(17,18)3)22(2)9-6-16(25)12-15(22)13-20(21)26/h14-19,21,25H,4-10,12-13H2,1-3H3/t14-,15+,16-,17-,18+,19+,21+,22+,23-/m1/s1. The smallest absolute Gasteiger partial charge is 0.136 e. The molecule has 0 aliphatic heterocycles. The molecule has 0 amide bonds. The number of aliphatic hydroxyl groups excluding tert-OH is 1. The Kier molecular flexibility index (Phi) is 4.50. The van der Waals surface area contributed by atoms with Crippen LogP contribution in [0.3, 0.4) is 0 Å². The van der Waals surface area contributed by atoms with Crippen molar-refractivity contribution in [3.05, 3.63) is 0 Å². The van der Waals surface area contributed by atoms with Gasteiger partial charge < -0.3 is 5.11 Å². The molecule has 26 heavy (non-hydrogen) atoms. The lowest BCUT2D eigenvalue weighted by molar-refractivity contribution is -0.160. The minimum Gasteiger partial charge on any atom is -0.393 e. The van der Waals surface area contributed by atoms with Crippen molar-refractivity contribution in [1.82, 2.24) is 0 Å². The summed E-state index contributed by atoms with van der Waals surface area (Å²) < 4.78 is 0. The summed E-state index contributed by atoms with van der Waals surface area (Å²) in [5, 5.41) is 19.3. The van der Waals surface area contributed by atoms with E-state index in [1.807, 2.05) is 0 Å². The average molecular weight is 358 g/mol. The lowest BCUT2D eigenvalue weighted by atomic mass is 9.44. The van der Waals surface area contributed by atoms with E-state index >= 15 is 0 Å². The molecule has 0 unspecified atom stereocenters. The van der Waals surface area contributed by atoms with Crippen molar-refractivity contribution in [1.29, 1.82) is 5.26 Å². The van der Waals surface area contributed by atoms with Crippen LogP contribution in [0.1, 0.15) is 78.6 Å². The molecule has 0 aromatic heterocycles. The summed E-state index contributed by atoms with van der Waals surface area (Å²) in [6, 6.07) is 2.38. The molecule has 3 heteroatoms. The van der Waals surface area contributed by atoms with Gasteiger partial charge in [-0.2, -0.15) is 5.26 Å². The zero-order valence-electron chi connectivity index (χ0n) is 16.7. The first-order valence-electron chi connectivity index (χ1n) is 10.9. The van der Waals surface area contributed by atoms with Gasteiger partial charge in [0.05, 0.1) is 12.2 Å². The molecule has 0 bridgehead atoms. The number of aliphatic hydroxyl groups is 1. The first kappa shape index (κ1) is 18.5. The van der Waals surface area contributed by atoms with Crippen molar-refractivity contribution in [2.75, 3.05) is 0 Å². The van der Waals surface area contributed by atoms with Crippen LogP contribution in [0.4, 0.5) is 0 Å². The number of fused-ring (bicyclic) bond motifs is 5. The van der Waals surface area contributed by atoms with Crippen LogP contribution in [0, 0.1) is 57.7 Å². The number of carbonyl (C=O) groups excluding carboxylic acids is 1. The number of hydrogen-bond acceptors (Lipinski definition) is 3. The van der Waals surface area contributed by atoms with Gasteiger partial charge in [-0.3, -0.25) is 4.79 Å². The first-order valence-corrected chi connectivity index (χ1v) is 10.9. The van der Waals surface area contributed by atoms with Crippen molar-refractivity contribution in [3.8, 4) is 6.07 Å². The molecule has 0 aromatic carbocycles. The van der Waals surface area contributed by atoms with Gasteiger partial charge in [0.1, 0.15) is 5.78 Å². The molecule has 9 atom stereocenters. The number of Topliss-reactive ketones (excluding diaryl/α,β-unsaturated/α-hetero) is 1. The molecule has 144 valence electrons. The Morgan fingerprint density at radius 2 is 1.85 bits per heavy atom. The molecule has 1 N–H and O–H groups in total. The first-order chi connectivity index (χ1) is 12.3. The van der Waals surface area contributed by atoms with Crippen molar-refractivity contribution in [2.45, 2.75) is 84.7 Å². The normalized spacial score (nSPS) is 51.7. The molecule has 0 saturated heterocycles. The van der Waals surface area contributed by atoms with Crippen molar-refractivity contribution >= 4 is 5.78 Å². The Balaban J connectivity index is 1.63. The molecule has 0 aromatic rings. The molecule has 0 spiro atoms. The van der Waals surface area contributed by atoms with Crippen molar-refractivity contribution in [3.63, 3.8) is 0 Å². The summed E-state index contributed by atoms with van der Waals surface area (Å²) in [6.45, 7) is 7.11. The van der Waals surface area contributed by atoms with E-state index in [4.69, 9.17) is 5.26 Å². The summed E-state index contributed by atoms with van der Waals surface area (Å²) >= 11 is 0. The molecular formula is C23H35NO2. The van der Waals surface area contributed by atoms with Crippen LogP contribution in [0.5, 0.6) is 0 Å². The van der Waals surface area contributed by atoms with E-state index in [1.165, 1.54) is 25.7 Å². The summed E-state index contributed by atoms with van der Waals surface area (Å²) in [4.78, 5) is 13.3. The molecule has 0 radical (unpaired) electrons. The fourth-order valence-electron chi connectivity index (χ4n) is 8.17. The van der Waals surface area contributed by atoms with Gasteiger partial charge in [-0.05, 0) is 85.4 Å². The van der Waals surface area contributed by atoms with E-state index in [9.17, 15) is 9.90 Å². The summed E-state index contributed by atoms with van der Waals surface area (Å²) in [6.07, 6.45) is 8.72. The van der Waals surface area contributed by atoms with Crippen molar-refractivity contribution in [2.24, 2.45) is 46.3 Å². The Hall–Kier alpha value is -0.880. The molecule has 4 aliphatic carbocycles. The van der Waals surface area contributed by atoms with E-state index < -0.39 is 0 Å². The zero-order valence-corrected chi connectivity index (χ0v) is 16.7. The van der Waals surface area contributed by atoms with Crippen LogP contribution in [0.15, 0.2) is 0 Å². The second-order valence-corrected chi connectivity index (χ2v) is 10.6. The van der Waals surface area contributed by atoms with Gasteiger partial charge in [0.25, 0.3) is 0 Å². The van der Waals surface area contributed by atoms with Crippen LogP contribution < -0.4 is 0 Å². The third-order valence-corrected chi connectivity index (χ3v) is 9.62. The summed E-state index contributed by atoms with van der Waals surface area (Å²) in [5.74, 6) is 3.20. The third-order valence-electron chi connectivity index (χ3n) is 9.62. The monoisotopic (exact) mass is 357 g/mol. The summed E-state index contributed by atoms with van der Waals surface area (Å²) in [5.41, 5.74) is 0.486. The number of nitrogens with zero attached hydrogens (tertiary/aromatic N) is 1. The molecule has 3 nitrogen and oxygen atoms in total. The summed E-state index contributed by atoms with van der Waals surface area (Å²) in [7, 11) is 0. The lowest BCUT2D eigenvalue weighted by Crippen LogP contribution is -2.57. The fraction of sp³-hybridized carbons (Fsp3) is 0.913. The highest BCUT2D eigenvalue weighted by atomic mass is 16.3. The van der Waals surface area contributed by atoms with Gasteiger partial charge in [-0.25, -0.2) is 0 Å². The molecule has 4 aliphatic rings. The maximum atomic E-state index is 13.3. The Bertz CT molecular complexity index is 624. The van der Waals surface area contributed by atoms with Crippen LogP contribution in [-0.4, -0.2) is 17.0 Å². The molecule has 4 rings (SSSR count). The van der Waals surface area contributed by atoms with Crippen LogP contribution in [0.25, 0.3) is 0 Å². The molecule has 4 fully saturated rings. The van der Waals surface area contributed by atoms with E-state index in [-0.39, 0.29) is 22.9 Å². The SMILES string of the molecule is C[C@H](CC#N)[C@H]1CC[C@H]2[C@@H]3C(=O)C[C@@H]4C[C@H](O)CC[C@]4(C)[C@H]3CC[C@]12C. The predicted molar refractivity (Wildman–Crippen MR) is 101 cm³/mol. The zero-order chi connectivity index (χ0) is 18.7. The van der Waals surface area contributed by atoms with E-state index in [0.717, 1.165) is 19.3 Å². The minimum atomic E-state index is -0.200. The number of nitriles is 1. The average Bonchev–Trinajstić information content (AvgIpc) is 2.94. The number of ketones is 1. The van der Waals surface area contributed by atoms with Crippen molar-refractivity contribution < 1.29 is 9.90 Å². The second kappa shape index (κ2) is 6.33. The minimum absolute atomic E-state index is 0.200. The lowest BCUT2D eigenvalue weighted by Gasteiger charge is -2.60. The predicted octanol–water partition coefficient (Wildman–Crippen LogP) is 4.73. The van der Waals surface area contributed by atoms with Gasteiger partial charge >= 0.3 is 0 Å². The van der Waals surface area contributed by atoms with Gasteiger partial charge in [0.15, 0.2) is 0 Å². The number of hydrogen-bond donors (Lipinski definition) is 1. The maximum absolute atomic E-state index is 13.3. The highest BCUT2D eigenvalue weighted by Gasteiger charge is 2.62. The van der Waals surface area contributed by atoms with E-state index in [0.29, 0.717) is 48.2 Å². The topological polar surface area (TPSA) is 61.1 Å². The fourth-order valence-corrected chi connectivity index (χ4v) is 8.17. The maximum Gasteiger partial charge on any atom is 0.136 e. The third kappa shape index (κ3) is 2.51. The highest BCUT2D eigenvalue weighted by molar-refractivity contribution is 5.83. The van der Waals surface area contributed by atoms with Gasteiger partial charge in [-0.1, -0.05) is 20.8 Å². The highest BCUT2D eigenvalue weighted by Crippen LogP contribution is 2.67. The second-order valence-electron chi connectivity index (χ2n) is 10.6. The number of carbonyl (C=O) groups is 1. The molecule has 4 saturated carbocycles. The molecular weight excluding hydrogens is 322 g/mol. The Morgan fingerprint density at radius 1 is 1.15 bits per heavy atom. The largest absolute Gasteiger partial charge is 0.393 e. The van der Waals surface area contributed by atoms with E-state index in [1.54, 1.807) is 0 Å². The quantitative estimate of drug-likeness (QED) is 0.777. The van der Waals surface area contributed by atoms with E-state index in [2.05, 4.69) is 26.8 Å². The van der Waals surface area contributed by atoms with Gasteiger partial charge in [0, 0.05) is 18.8 Å². The van der Waals surface area contributed by atoms with Gasteiger partial charge in [-0.15, -0.1) is 0 Å². The number of rotatable bonds is 2. The Morgan fingerprint density at radius 3 is 2.58 bits per heavy atom. The van der Waals surface area contributed by atoms with Gasteiger partial charge in [0.2, 0.25) is 0 Å². The van der Waals surface area contributed by atoms with Crippen LogP contribution in [0.2, 0.25) is 0 Å². The molecule has 0 heterocycles. The Labute approximate surface area is 158 Å².